The van der Waals surface area contributed by atoms with Crippen LogP contribution >= 0.6 is 0 Å². The van der Waals surface area contributed by atoms with Gasteiger partial charge in [-0.05, 0) is 17.8 Å². The van der Waals surface area contributed by atoms with E-state index in [4.69, 9.17) is 5.11 Å². The number of hydrogen-bond acceptors (Lipinski definition) is 2. The van der Waals surface area contributed by atoms with Crippen LogP contribution in [0.15, 0.2) is 12.5 Å². The average Bonchev–Trinajstić information content (AvgIpc) is 2.51. The first-order valence-electron chi connectivity index (χ1n) is 4.74. The van der Waals surface area contributed by atoms with Crippen molar-refractivity contribution in [3.63, 3.8) is 0 Å². The Morgan fingerprint density at radius 1 is 1.79 bits per heavy atom. The smallest absolute Gasteiger partial charge is 0.356 e. The highest BCUT2D eigenvalue weighted by atomic mass is 16.4. The quantitative estimate of drug-likeness (QED) is 0.795. The van der Waals surface area contributed by atoms with Crippen LogP contribution in [0.1, 0.15) is 30.8 Å². The maximum atomic E-state index is 10.6. The van der Waals surface area contributed by atoms with E-state index in [1.165, 1.54) is 6.42 Å². The Bertz CT molecular complexity index is 368. The van der Waals surface area contributed by atoms with Crippen molar-refractivity contribution in [2.45, 2.75) is 26.8 Å². The van der Waals surface area contributed by atoms with Gasteiger partial charge in [0.05, 0.1) is 6.33 Å². The molecule has 1 aromatic rings. The number of carboxylic acid groups (broad SMARTS) is 1. The Morgan fingerprint density at radius 3 is 2.86 bits per heavy atom. The van der Waals surface area contributed by atoms with E-state index in [0.717, 1.165) is 6.54 Å². The zero-order chi connectivity index (χ0) is 10.3. The molecule has 0 radical (unpaired) electrons. The average molecular weight is 194 g/mol. The lowest BCUT2D eigenvalue weighted by Gasteiger charge is -2.03. The molecule has 0 spiro atoms. The van der Waals surface area contributed by atoms with Crippen molar-refractivity contribution in [3.8, 4) is 0 Å². The Balaban J connectivity index is 2.01. The third-order valence-electron chi connectivity index (χ3n) is 3.00. The van der Waals surface area contributed by atoms with E-state index in [9.17, 15) is 4.79 Å². The molecule has 1 fully saturated rings. The molecule has 2 rings (SSSR count). The van der Waals surface area contributed by atoms with Crippen LogP contribution in [0.2, 0.25) is 0 Å². The SMILES string of the molecule is CC1(C)CC1Cn1cnc(C(=O)O)c1. The minimum absolute atomic E-state index is 0.128. The van der Waals surface area contributed by atoms with Gasteiger partial charge in [0.1, 0.15) is 0 Å². The van der Waals surface area contributed by atoms with Gasteiger partial charge in [-0.3, -0.25) is 0 Å². The van der Waals surface area contributed by atoms with Crippen molar-refractivity contribution in [3.05, 3.63) is 18.2 Å². The summed E-state index contributed by atoms with van der Waals surface area (Å²) in [7, 11) is 0. The van der Waals surface area contributed by atoms with Crippen LogP contribution in [0.3, 0.4) is 0 Å². The normalized spacial score (nSPS) is 23.4. The first-order chi connectivity index (χ1) is 6.49. The Kier molecular flexibility index (Phi) is 1.87. The number of aromatic nitrogens is 2. The molecule has 0 aromatic carbocycles. The second-order valence-electron chi connectivity index (χ2n) is 4.65. The minimum Gasteiger partial charge on any atom is -0.476 e. The predicted octanol–water partition coefficient (Wildman–Crippen LogP) is 1.63. The summed E-state index contributed by atoms with van der Waals surface area (Å²) < 4.78 is 1.86. The summed E-state index contributed by atoms with van der Waals surface area (Å²) in [5.74, 6) is -0.294. The highest BCUT2D eigenvalue weighted by Gasteiger charge is 2.45. The molecule has 0 aliphatic heterocycles. The summed E-state index contributed by atoms with van der Waals surface area (Å²) in [6.45, 7) is 5.34. The van der Waals surface area contributed by atoms with Gasteiger partial charge in [-0.15, -0.1) is 0 Å². The first-order valence-corrected chi connectivity index (χ1v) is 4.74. The molecule has 1 aliphatic carbocycles. The van der Waals surface area contributed by atoms with Gasteiger partial charge < -0.3 is 9.67 Å². The van der Waals surface area contributed by atoms with Crippen LogP contribution in [0.5, 0.6) is 0 Å². The van der Waals surface area contributed by atoms with Crippen LogP contribution in [-0.2, 0) is 6.54 Å². The molecule has 14 heavy (non-hydrogen) atoms. The van der Waals surface area contributed by atoms with Crippen LogP contribution < -0.4 is 0 Å². The monoisotopic (exact) mass is 194 g/mol. The molecule has 0 amide bonds. The maximum Gasteiger partial charge on any atom is 0.356 e. The molecule has 1 unspecified atom stereocenters. The summed E-state index contributed by atoms with van der Waals surface area (Å²) in [6, 6.07) is 0. The first kappa shape index (κ1) is 9.24. The zero-order valence-electron chi connectivity index (χ0n) is 8.40. The number of imidazole rings is 1. The molecule has 1 aromatic heterocycles. The lowest BCUT2D eigenvalue weighted by Crippen LogP contribution is -2.01. The predicted molar refractivity (Wildman–Crippen MR) is 51.1 cm³/mol. The topological polar surface area (TPSA) is 55.1 Å². The van der Waals surface area contributed by atoms with E-state index in [1.54, 1.807) is 12.5 Å². The summed E-state index contributed by atoms with van der Waals surface area (Å²) in [4.78, 5) is 14.4. The van der Waals surface area contributed by atoms with Crippen LogP contribution in [-0.4, -0.2) is 20.6 Å². The Morgan fingerprint density at radius 2 is 2.43 bits per heavy atom. The van der Waals surface area contributed by atoms with Crippen LogP contribution in [0.25, 0.3) is 0 Å². The molecule has 1 atom stereocenters. The maximum absolute atomic E-state index is 10.6. The summed E-state index contributed by atoms with van der Waals surface area (Å²) >= 11 is 0. The molecule has 1 saturated carbocycles. The molecule has 76 valence electrons. The second-order valence-corrected chi connectivity index (χ2v) is 4.65. The molecule has 1 aliphatic rings. The molecule has 4 nitrogen and oxygen atoms in total. The van der Waals surface area contributed by atoms with Gasteiger partial charge in [0.2, 0.25) is 0 Å². The number of rotatable bonds is 3. The van der Waals surface area contributed by atoms with E-state index < -0.39 is 5.97 Å². The third kappa shape index (κ3) is 1.64. The van der Waals surface area contributed by atoms with Gasteiger partial charge >= 0.3 is 5.97 Å². The number of carboxylic acids is 1. The zero-order valence-corrected chi connectivity index (χ0v) is 8.40. The van der Waals surface area contributed by atoms with Gasteiger partial charge in [-0.1, -0.05) is 13.8 Å². The fourth-order valence-electron chi connectivity index (χ4n) is 1.71. The molecular weight excluding hydrogens is 180 g/mol. The van der Waals surface area contributed by atoms with Gasteiger partial charge in [0.15, 0.2) is 5.69 Å². The standard InChI is InChI=1S/C10H14N2O2/c1-10(2)3-7(10)4-12-5-8(9(13)14)11-6-12/h5-7H,3-4H2,1-2H3,(H,13,14). The van der Waals surface area contributed by atoms with E-state index in [0.29, 0.717) is 11.3 Å². The van der Waals surface area contributed by atoms with Crippen molar-refractivity contribution in [1.29, 1.82) is 0 Å². The van der Waals surface area contributed by atoms with Crippen LogP contribution in [0.4, 0.5) is 0 Å². The van der Waals surface area contributed by atoms with E-state index in [2.05, 4.69) is 18.8 Å². The number of aromatic carboxylic acids is 1. The Labute approximate surface area is 82.6 Å². The molecular formula is C10H14N2O2. The largest absolute Gasteiger partial charge is 0.476 e. The number of hydrogen-bond donors (Lipinski definition) is 1. The van der Waals surface area contributed by atoms with E-state index in [1.807, 2.05) is 4.57 Å². The molecule has 1 heterocycles. The third-order valence-corrected chi connectivity index (χ3v) is 3.00. The van der Waals surface area contributed by atoms with Crippen molar-refractivity contribution in [2.75, 3.05) is 0 Å². The highest BCUT2D eigenvalue weighted by molar-refractivity contribution is 5.84. The van der Waals surface area contributed by atoms with E-state index >= 15 is 0 Å². The van der Waals surface area contributed by atoms with E-state index in [-0.39, 0.29) is 5.69 Å². The molecule has 0 saturated heterocycles. The second kappa shape index (κ2) is 2.83. The van der Waals surface area contributed by atoms with Crippen molar-refractivity contribution in [1.82, 2.24) is 9.55 Å². The number of carbonyl (C=O) groups is 1. The van der Waals surface area contributed by atoms with Crippen molar-refractivity contribution < 1.29 is 9.90 Å². The van der Waals surface area contributed by atoms with Gasteiger partial charge in [0.25, 0.3) is 0 Å². The molecule has 1 N–H and O–H groups in total. The fraction of sp³-hybridized carbons (Fsp3) is 0.600. The molecule has 4 heteroatoms. The van der Waals surface area contributed by atoms with Crippen molar-refractivity contribution in [2.24, 2.45) is 11.3 Å². The summed E-state index contributed by atoms with van der Waals surface area (Å²) in [5.41, 5.74) is 0.552. The highest BCUT2D eigenvalue weighted by Crippen LogP contribution is 2.52. The van der Waals surface area contributed by atoms with Crippen LogP contribution in [0, 0.1) is 11.3 Å². The van der Waals surface area contributed by atoms with Crippen molar-refractivity contribution >= 4 is 5.97 Å². The minimum atomic E-state index is -0.959. The van der Waals surface area contributed by atoms with Gasteiger partial charge in [-0.25, -0.2) is 9.78 Å². The lowest BCUT2D eigenvalue weighted by atomic mass is 10.1. The fourth-order valence-corrected chi connectivity index (χ4v) is 1.71. The summed E-state index contributed by atoms with van der Waals surface area (Å²) in [6.07, 6.45) is 4.40. The van der Waals surface area contributed by atoms with Gasteiger partial charge in [-0.2, -0.15) is 0 Å². The lowest BCUT2D eigenvalue weighted by molar-refractivity contribution is 0.0691. The van der Waals surface area contributed by atoms with Gasteiger partial charge in [0, 0.05) is 12.7 Å². The Hall–Kier alpha value is -1.32. The molecule has 0 bridgehead atoms. The number of nitrogens with zero attached hydrogens (tertiary/aromatic N) is 2. The summed E-state index contributed by atoms with van der Waals surface area (Å²) in [5, 5.41) is 8.67.